The molecule has 0 heterocycles. The van der Waals surface area contributed by atoms with Crippen LogP contribution in [0.4, 0.5) is 0 Å². The van der Waals surface area contributed by atoms with Crippen molar-refractivity contribution in [2.24, 2.45) is 5.92 Å². The zero-order valence-electron chi connectivity index (χ0n) is 9.31. The molecule has 0 aliphatic rings. The minimum Gasteiger partial charge on any atom is -0.464 e. The van der Waals surface area contributed by atoms with E-state index >= 15 is 0 Å². The van der Waals surface area contributed by atoms with Crippen molar-refractivity contribution in [1.82, 2.24) is 5.32 Å². The Kier molecular flexibility index (Phi) is 4.99. The predicted octanol–water partition coefficient (Wildman–Crippen LogP) is 1.57. The van der Waals surface area contributed by atoms with Crippen molar-refractivity contribution < 1.29 is 9.53 Å². The third kappa shape index (κ3) is 4.88. The van der Waals surface area contributed by atoms with Gasteiger partial charge in [-0.05, 0) is 26.3 Å². The van der Waals surface area contributed by atoms with Gasteiger partial charge in [-0.2, -0.15) is 0 Å². The molecule has 1 N–H and O–H groups in total. The monoisotopic (exact) mass is 187 g/mol. The molecule has 0 aromatic rings. The molecule has 0 bridgehead atoms. The van der Waals surface area contributed by atoms with Gasteiger partial charge in [0.15, 0.2) is 0 Å². The maximum Gasteiger partial charge on any atom is 0.325 e. The minimum absolute atomic E-state index is 0.178. The summed E-state index contributed by atoms with van der Waals surface area (Å²) in [6, 6.07) is 0. The van der Waals surface area contributed by atoms with Crippen LogP contribution in [0.3, 0.4) is 0 Å². The zero-order valence-corrected chi connectivity index (χ0v) is 9.31. The van der Waals surface area contributed by atoms with Gasteiger partial charge in [0.05, 0.1) is 6.61 Å². The molecule has 0 amide bonds. The third-order valence-electron chi connectivity index (χ3n) is 1.68. The Bertz CT molecular complexity index is 164. The summed E-state index contributed by atoms with van der Waals surface area (Å²) in [6.45, 7) is 10.9. The summed E-state index contributed by atoms with van der Waals surface area (Å²) in [7, 11) is 0. The second-order valence-corrected chi connectivity index (χ2v) is 4.15. The van der Waals surface area contributed by atoms with Crippen LogP contribution in [0.2, 0.25) is 0 Å². The summed E-state index contributed by atoms with van der Waals surface area (Å²) in [5.74, 6) is 0.212. The van der Waals surface area contributed by atoms with Crippen molar-refractivity contribution >= 4 is 5.97 Å². The predicted molar refractivity (Wildman–Crippen MR) is 53.6 cm³/mol. The van der Waals surface area contributed by atoms with E-state index in [0.29, 0.717) is 12.5 Å². The molecular weight excluding hydrogens is 166 g/mol. The van der Waals surface area contributed by atoms with Crippen molar-refractivity contribution in [3.05, 3.63) is 0 Å². The number of nitrogens with one attached hydrogen (secondary N) is 1. The van der Waals surface area contributed by atoms with Crippen LogP contribution in [0.15, 0.2) is 0 Å². The van der Waals surface area contributed by atoms with Gasteiger partial charge >= 0.3 is 5.97 Å². The third-order valence-corrected chi connectivity index (χ3v) is 1.68. The van der Waals surface area contributed by atoms with Gasteiger partial charge in [0, 0.05) is 0 Å². The van der Waals surface area contributed by atoms with E-state index in [4.69, 9.17) is 4.74 Å². The molecule has 0 radical (unpaired) electrons. The molecule has 0 saturated heterocycles. The molecule has 0 rings (SSSR count). The minimum atomic E-state index is -0.566. The number of esters is 1. The average Bonchev–Trinajstić information content (AvgIpc) is 1.99. The molecule has 0 spiro atoms. The molecule has 0 aromatic heterocycles. The normalized spacial score (nSPS) is 11.8. The van der Waals surface area contributed by atoms with Crippen molar-refractivity contribution in [3.63, 3.8) is 0 Å². The first kappa shape index (κ1) is 12.4. The number of likely N-dealkylation sites (N-methyl/N-ethyl adjacent to an activating group) is 1. The SMILES string of the molecule is CCNC(C)(C)C(=O)OCC(C)C. The van der Waals surface area contributed by atoms with Crippen LogP contribution >= 0.6 is 0 Å². The Labute approximate surface area is 80.8 Å². The highest BCUT2D eigenvalue weighted by molar-refractivity contribution is 5.79. The second-order valence-electron chi connectivity index (χ2n) is 4.15. The lowest BCUT2D eigenvalue weighted by Crippen LogP contribution is -2.47. The summed E-state index contributed by atoms with van der Waals surface area (Å²) in [4.78, 5) is 11.5. The molecule has 0 unspecified atom stereocenters. The van der Waals surface area contributed by atoms with Gasteiger partial charge < -0.3 is 10.1 Å². The Hall–Kier alpha value is -0.570. The van der Waals surface area contributed by atoms with E-state index < -0.39 is 5.54 Å². The maximum absolute atomic E-state index is 11.5. The molecule has 0 fully saturated rings. The number of carbonyl (C=O) groups excluding carboxylic acids is 1. The largest absolute Gasteiger partial charge is 0.464 e. The summed E-state index contributed by atoms with van der Waals surface area (Å²) >= 11 is 0. The van der Waals surface area contributed by atoms with Crippen LogP contribution in [-0.4, -0.2) is 24.7 Å². The van der Waals surface area contributed by atoms with Gasteiger partial charge in [0.25, 0.3) is 0 Å². The molecule has 3 heteroatoms. The summed E-state index contributed by atoms with van der Waals surface area (Å²) in [6.07, 6.45) is 0. The Morgan fingerprint density at radius 1 is 1.46 bits per heavy atom. The van der Waals surface area contributed by atoms with Gasteiger partial charge in [-0.15, -0.1) is 0 Å². The van der Waals surface area contributed by atoms with E-state index in [0.717, 1.165) is 6.54 Å². The number of rotatable bonds is 5. The van der Waals surface area contributed by atoms with Gasteiger partial charge in [-0.25, -0.2) is 0 Å². The van der Waals surface area contributed by atoms with Gasteiger partial charge in [-0.3, -0.25) is 4.79 Å². The van der Waals surface area contributed by atoms with E-state index in [1.807, 2.05) is 34.6 Å². The van der Waals surface area contributed by atoms with Gasteiger partial charge in [0.2, 0.25) is 0 Å². The Morgan fingerprint density at radius 2 is 2.00 bits per heavy atom. The topological polar surface area (TPSA) is 38.3 Å². The van der Waals surface area contributed by atoms with Crippen molar-refractivity contribution in [1.29, 1.82) is 0 Å². The average molecular weight is 187 g/mol. The van der Waals surface area contributed by atoms with E-state index in [1.165, 1.54) is 0 Å². The van der Waals surface area contributed by atoms with Crippen LogP contribution in [0.25, 0.3) is 0 Å². The molecule has 0 aliphatic carbocycles. The standard InChI is InChI=1S/C10H21NO2/c1-6-11-10(4,5)9(12)13-7-8(2)3/h8,11H,6-7H2,1-5H3. The lowest BCUT2D eigenvalue weighted by Gasteiger charge is -2.23. The number of ether oxygens (including phenoxy) is 1. The lowest BCUT2D eigenvalue weighted by molar-refractivity contribution is -0.151. The number of carbonyl (C=O) groups is 1. The molecule has 0 saturated carbocycles. The number of hydrogen-bond donors (Lipinski definition) is 1. The molecule has 13 heavy (non-hydrogen) atoms. The molecule has 0 aliphatic heterocycles. The fourth-order valence-electron chi connectivity index (χ4n) is 0.937. The maximum atomic E-state index is 11.5. The molecule has 3 nitrogen and oxygen atoms in total. The van der Waals surface area contributed by atoms with Crippen molar-refractivity contribution in [2.75, 3.05) is 13.2 Å². The van der Waals surface area contributed by atoms with Crippen LogP contribution in [-0.2, 0) is 9.53 Å². The van der Waals surface area contributed by atoms with E-state index in [-0.39, 0.29) is 5.97 Å². The fraction of sp³-hybridized carbons (Fsp3) is 0.900. The van der Waals surface area contributed by atoms with E-state index in [1.54, 1.807) is 0 Å². The highest BCUT2D eigenvalue weighted by atomic mass is 16.5. The Morgan fingerprint density at radius 3 is 2.38 bits per heavy atom. The molecule has 0 aromatic carbocycles. The molecule has 0 atom stereocenters. The van der Waals surface area contributed by atoms with Crippen molar-refractivity contribution in [3.8, 4) is 0 Å². The Balaban J connectivity index is 3.94. The quantitative estimate of drug-likeness (QED) is 0.664. The first-order valence-electron chi connectivity index (χ1n) is 4.82. The van der Waals surface area contributed by atoms with Gasteiger partial charge in [-0.1, -0.05) is 20.8 Å². The smallest absolute Gasteiger partial charge is 0.325 e. The van der Waals surface area contributed by atoms with E-state index in [9.17, 15) is 4.79 Å². The zero-order chi connectivity index (χ0) is 10.5. The number of hydrogen-bond acceptors (Lipinski definition) is 3. The fourth-order valence-corrected chi connectivity index (χ4v) is 0.937. The van der Waals surface area contributed by atoms with Crippen LogP contribution in [0.5, 0.6) is 0 Å². The summed E-state index contributed by atoms with van der Waals surface area (Å²) < 4.78 is 5.12. The first-order valence-corrected chi connectivity index (χ1v) is 4.82. The van der Waals surface area contributed by atoms with Crippen LogP contribution < -0.4 is 5.32 Å². The second kappa shape index (κ2) is 5.22. The summed E-state index contributed by atoms with van der Waals surface area (Å²) in [5, 5.41) is 3.07. The van der Waals surface area contributed by atoms with E-state index in [2.05, 4.69) is 5.32 Å². The van der Waals surface area contributed by atoms with Crippen LogP contribution in [0.1, 0.15) is 34.6 Å². The highest BCUT2D eigenvalue weighted by Gasteiger charge is 2.27. The lowest BCUT2D eigenvalue weighted by atomic mass is 10.1. The van der Waals surface area contributed by atoms with Gasteiger partial charge in [0.1, 0.15) is 5.54 Å². The first-order chi connectivity index (χ1) is 5.90. The molecule has 78 valence electrons. The summed E-state index contributed by atoms with van der Waals surface area (Å²) in [5.41, 5.74) is -0.566. The molecular formula is C10H21NO2. The highest BCUT2D eigenvalue weighted by Crippen LogP contribution is 2.06. The van der Waals surface area contributed by atoms with Crippen molar-refractivity contribution in [2.45, 2.75) is 40.2 Å². The van der Waals surface area contributed by atoms with Crippen LogP contribution in [0, 0.1) is 5.92 Å².